The van der Waals surface area contributed by atoms with Crippen LogP contribution < -0.4 is 5.32 Å². The van der Waals surface area contributed by atoms with Gasteiger partial charge in [-0.2, -0.15) is 0 Å². The van der Waals surface area contributed by atoms with Crippen molar-refractivity contribution in [3.05, 3.63) is 77.9 Å². The number of benzene rings is 2. The minimum absolute atomic E-state index is 0.0346. The first-order valence-corrected chi connectivity index (χ1v) is 11.1. The molecule has 0 aliphatic heterocycles. The number of hydrogen-bond donors (Lipinski definition) is 1. The van der Waals surface area contributed by atoms with Crippen LogP contribution in [-0.4, -0.2) is 26.7 Å². The summed E-state index contributed by atoms with van der Waals surface area (Å²) in [5.41, 5.74) is 3.99. The number of allylic oxidation sites excluding steroid dienone is 1. The third kappa shape index (κ3) is 5.39. The standard InChI is InChI=1S/C24H28N4OS/c1-5-14-28-22(20-12-10-17(3)11-13-20)26-27-24(28)30-16-19-8-7-9-21(15-19)23(29)25-18(4)6-2/h5,7-13,15,18H,1,6,14,16H2,2-4H3,(H,25,29). The maximum Gasteiger partial charge on any atom is 0.251 e. The van der Waals surface area contributed by atoms with Gasteiger partial charge < -0.3 is 5.32 Å². The lowest BCUT2D eigenvalue weighted by Gasteiger charge is -2.12. The van der Waals surface area contributed by atoms with E-state index in [2.05, 4.69) is 64.8 Å². The van der Waals surface area contributed by atoms with Crippen molar-refractivity contribution < 1.29 is 4.79 Å². The van der Waals surface area contributed by atoms with Gasteiger partial charge in [0, 0.05) is 29.5 Å². The van der Waals surface area contributed by atoms with Crippen LogP contribution in [0.25, 0.3) is 11.4 Å². The highest BCUT2D eigenvalue weighted by Gasteiger charge is 2.14. The van der Waals surface area contributed by atoms with Gasteiger partial charge in [0.2, 0.25) is 0 Å². The lowest BCUT2D eigenvalue weighted by atomic mass is 10.1. The van der Waals surface area contributed by atoms with Crippen molar-refractivity contribution in [2.45, 2.75) is 50.7 Å². The van der Waals surface area contributed by atoms with Crippen molar-refractivity contribution in [3.8, 4) is 11.4 Å². The Labute approximate surface area is 182 Å². The zero-order valence-electron chi connectivity index (χ0n) is 17.8. The summed E-state index contributed by atoms with van der Waals surface area (Å²) in [5, 5.41) is 12.7. The van der Waals surface area contributed by atoms with Gasteiger partial charge in [-0.25, -0.2) is 0 Å². The Morgan fingerprint density at radius 3 is 2.70 bits per heavy atom. The lowest BCUT2D eigenvalue weighted by Crippen LogP contribution is -2.31. The first kappa shape index (κ1) is 21.8. The van der Waals surface area contributed by atoms with Crippen molar-refractivity contribution in [3.63, 3.8) is 0 Å². The average Bonchev–Trinajstić information content (AvgIpc) is 3.15. The summed E-state index contributed by atoms with van der Waals surface area (Å²) in [6, 6.07) is 16.2. The van der Waals surface area contributed by atoms with Gasteiger partial charge in [0.05, 0.1) is 0 Å². The van der Waals surface area contributed by atoms with Gasteiger partial charge in [-0.1, -0.05) is 66.7 Å². The second-order valence-electron chi connectivity index (χ2n) is 7.34. The molecule has 0 spiro atoms. The van der Waals surface area contributed by atoms with Crippen molar-refractivity contribution >= 4 is 17.7 Å². The van der Waals surface area contributed by atoms with Crippen LogP contribution in [0.5, 0.6) is 0 Å². The van der Waals surface area contributed by atoms with Crippen molar-refractivity contribution in [1.29, 1.82) is 0 Å². The fourth-order valence-electron chi connectivity index (χ4n) is 2.96. The largest absolute Gasteiger partial charge is 0.350 e. The Bertz CT molecular complexity index is 1010. The van der Waals surface area contributed by atoms with E-state index in [1.54, 1.807) is 11.8 Å². The van der Waals surface area contributed by atoms with Gasteiger partial charge in [-0.3, -0.25) is 9.36 Å². The number of carbonyl (C=O) groups is 1. The molecule has 1 heterocycles. The van der Waals surface area contributed by atoms with Crippen LogP contribution in [0.4, 0.5) is 0 Å². The van der Waals surface area contributed by atoms with E-state index in [0.717, 1.165) is 28.5 Å². The van der Waals surface area contributed by atoms with Crippen LogP contribution in [-0.2, 0) is 12.3 Å². The molecule has 5 nitrogen and oxygen atoms in total. The molecule has 6 heteroatoms. The SMILES string of the molecule is C=CCn1c(SCc2cccc(C(=O)NC(C)CC)c2)nnc1-c1ccc(C)cc1. The predicted molar refractivity (Wildman–Crippen MR) is 124 cm³/mol. The van der Waals surface area contributed by atoms with E-state index >= 15 is 0 Å². The first-order chi connectivity index (χ1) is 14.5. The number of aryl methyl sites for hydroxylation is 1. The van der Waals surface area contributed by atoms with Gasteiger partial charge in [-0.05, 0) is 38.0 Å². The highest BCUT2D eigenvalue weighted by Crippen LogP contribution is 2.27. The molecule has 30 heavy (non-hydrogen) atoms. The monoisotopic (exact) mass is 420 g/mol. The normalized spacial score (nSPS) is 11.8. The molecule has 0 saturated carbocycles. The van der Waals surface area contributed by atoms with Gasteiger partial charge >= 0.3 is 0 Å². The van der Waals surface area contributed by atoms with Crippen LogP contribution in [0.1, 0.15) is 41.8 Å². The van der Waals surface area contributed by atoms with E-state index < -0.39 is 0 Å². The molecule has 0 radical (unpaired) electrons. The molecule has 0 saturated heterocycles. The van der Waals surface area contributed by atoms with Crippen LogP contribution in [0.15, 0.2) is 66.3 Å². The topological polar surface area (TPSA) is 59.8 Å². The van der Waals surface area contributed by atoms with E-state index in [4.69, 9.17) is 0 Å². The summed E-state index contributed by atoms with van der Waals surface area (Å²) < 4.78 is 2.07. The summed E-state index contributed by atoms with van der Waals surface area (Å²) >= 11 is 1.61. The highest BCUT2D eigenvalue weighted by atomic mass is 32.2. The molecule has 0 fully saturated rings. The zero-order chi connectivity index (χ0) is 21.5. The number of amides is 1. The fraction of sp³-hybridized carbons (Fsp3) is 0.292. The number of thioether (sulfide) groups is 1. The lowest BCUT2D eigenvalue weighted by molar-refractivity contribution is 0.0939. The molecule has 3 rings (SSSR count). The second kappa shape index (κ2) is 10.3. The third-order valence-electron chi connectivity index (χ3n) is 4.89. The molecule has 2 aromatic carbocycles. The Balaban J connectivity index is 1.76. The average molecular weight is 421 g/mol. The molecule has 3 aromatic rings. The second-order valence-corrected chi connectivity index (χ2v) is 8.29. The first-order valence-electron chi connectivity index (χ1n) is 10.2. The quantitative estimate of drug-likeness (QED) is 0.379. The van der Waals surface area contributed by atoms with Gasteiger partial charge in [0.25, 0.3) is 5.91 Å². The maximum atomic E-state index is 12.4. The molecule has 0 bridgehead atoms. The van der Waals surface area contributed by atoms with E-state index in [9.17, 15) is 4.79 Å². The Morgan fingerprint density at radius 1 is 1.23 bits per heavy atom. The predicted octanol–water partition coefficient (Wildman–Crippen LogP) is 5.26. The van der Waals surface area contributed by atoms with E-state index in [1.165, 1.54) is 5.56 Å². The van der Waals surface area contributed by atoms with Gasteiger partial charge in [-0.15, -0.1) is 16.8 Å². The molecular weight excluding hydrogens is 392 g/mol. The van der Waals surface area contributed by atoms with Gasteiger partial charge in [0.1, 0.15) is 0 Å². The van der Waals surface area contributed by atoms with Crippen molar-refractivity contribution in [2.24, 2.45) is 0 Å². The molecule has 1 unspecified atom stereocenters. The number of aromatic nitrogens is 3. The Kier molecular flexibility index (Phi) is 7.46. The van der Waals surface area contributed by atoms with E-state index in [-0.39, 0.29) is 11.9 Å². The maximum absolute atomic E-state index is 12.4. The minimum Gasteiger partial charge on any atom is -0.350 e. The summed E-state index contributed by atoms with van der Waals surface area (Å²) in [7, 11) is 0. The van der Waals surface area contributed by atoms with Gasteiger partial charge in [0.15, 0.2) is 11.0 Å². The smallest absolute Gasteiger partial charge is 0.251 e. The summed E-state index contributed by atoms with van der Waals surface area (Å²) in [4.78, 5) is 12.4. The number of nitrogens with zero attached hydrogens (tertiary/aromatic N) is 3. The molecule has 0 aliphatic rings. The van der Waals surface area contributed by atoms with Crippen LogP contribution >= 0.6 is 11.8 Å². The molecule has 1 aromatic heterocycles. The minimum atomic E-state index is -0.0346. The van der Waals surface area contributed by atoms with Crippen LogP contribution in [0.2, 0.25) is 0 Å². The number of hydrogen-bond acceptors (Lipinski definition) is 4. The number of rotatable bonds is 9. The molecule has 156 valence electrons. The molecule has 1 atom stereocenters. The van der Waals surface area contributed by atoms with E-state index in [1.807, 2.05) is 37.3 Å². The zero-order valence-corrected chi connectivity index (χ0v) is 18.6. The fourth-order valence-corrected chi connectivity index (χ4v) is 3.86. The molecular formula is C24H28N4OS. The summed E-state index contributed by atoms with van der Waals surface area (Å²) in [6.45, 7) is 10.6. The van der Waals surface area contributed by atoms with Crippen LogP contribution in [0.3, 0.4) is 0 Å². The Morgan fingerprint density at radius 2 is 2.00 bits per heavy atom. The number of nitrogens with one attached hydrogen (secondary N) is 1. The van der Waals surface area contributed by atoms with Crippen molar-refractivity contribution in [1.82, 2.24) is 20.1 Å². The highest BCUT2D eigenvalue weighted by molar-refractivity contribution is 7.98. The van der Waals surface area contributed by atoms with Crippen LogP contribution in [0, 0.1) is 6.92 Å². The third-order valence-corrected chi connectivity index (χ3v) is 5.92. The van der Waals surface area contributed by atoms with Crippen molar-refractivity contribution in [2.75, 3.05) is 0 Å². The molecule has 0 aliphatic carbocycles. The summed E-state index contributed by atoms with van der Waals surface area (Å²) in [6.07, 6.45) is 2.76. The van der Waals surface area contributed by atoms with E-state index in [0.29, 0.717) is 17.9 Å². The molecule has 1 N–H and O–H groups in total. The Hall–Kier alpha value is -2.86. The number of carbonyl (C=O) groups excluding carboxylic acids is 1. The molecule has 1 amide bonds. The summed E-state index contributed by atoms with van der Waals surface area (Å²) in [5.74, 6) is 1.50.